The maximum Gasteiger partial charge on any atom is 0.243 e. The van der Waals surface area contributed by atoms with Crippen molar-refractivity contribution in [3.63, 3.8) is 0 Å². The largest absolute Gasteiger partial charge is 0.349 e. The fourth-order valence-electron chi connectivity index (χ4n) is 3.68. The van der Waals surface area contributed by atoms with E-state index >= 15 is 0 Å². The summed E-state index contributed by atoms with van der Waals surface area (Å²) < 4.78 is 0. The van der Waals surface area contributed by atoms with Gasteiger partial charge in [0.25, 0.3) is 0 Å². The van der Waals surface area contributed by atoms with Gasteiger partial charge in [-0.15, -0.1) is 0 Å². The van der Waals surface area contributed by atoms with E-state index in [0.717, 1.165) is 30.6 Å². The van der Waals surface area contributed by atoms with Crippen LogP contribution in [0, 0.1) is 0 Å². The van der Waals surface area contributed by atoms with Crippen LogP contribution in [0.5, 0.6) is 0 Å². The summed E-state index contributed by atoms with van der Waals surface area (Å²) in [5.74, 6) is 1.15. The minimum Gasteiger partial charge on any atom is -0.349 e. The number of hydrogen-bond acceptors (Lipinski definition) is 4. The molecule has 4 rings (SSSR count). The van der Waals surface area contributed by atoms with E-state index in [0.29, 0.717) is 12.1 Å². The van der Waals surface area contributed by atoms with E-state index in [1.165, 1.54) is 12.8 Å². The van der Waals surface area contributed by atoms with Crippen molar-refractivity contribution in [2.75, 3.05) is 4.90 Å². The van der Waals surface area contributed by atoms with Gasteiger partial charge in [0.2, 0.25) is 5.91 Å². The molecule has 1 aliphatic carbocycles. The molecule has 5 heteroatoms. The third kappa shape index (κ3) is 1.30. The van der Waals surface area contributed by atoms with Crippen LogP contribution in [0.2, 0.25) is 0 Å². The number of aromatic nitrogens is 2. The minimum absolute atomic E-state index is 0.0592. The molecule has 3 unspecified atom stereocenters. The molecule has 0 radical (unpaired) electrons. The minimum atomic E-state index is -0.0592. The molecule has 18 heavy (non-hydrogen) atoms. The van der Waals surface area contributed by atoms with E-state index in [9.17, 15) is 4.79 Å². The molecule has 3 aliphatic rings. The lowest BCUT2D eigenvalue weighted by Gasteiger charge is -2.46. The lowest BCUT2D eigenvalue weighted by molar-refractivity contribution is -0.125. The molecular formula is C13H16N4O. The Morgan fingerprint density at radius 3 is 3.17 bits per heavy atom. The fourth-order valence-corrected chi connectivity index (χ4v) is 3.68. The van der Waals surface area contributed by atoms with Crippen molar-refractivity contribution in [1.29, 1.82) is 0 Å². The summed E-state index contributed by atoms with van der Waals surface area (Å²) in [6, 6.07) is 0.678. The number of amides is 1. The second-order valence-corrected chi connectivity index (χ2v) is 5.47. The van der Waals surface area contributed by atoms with Gasteiger partial charge >= 0.3 is 0 Å². The number of hydrogen-bond donors (Lipinski definition) is 1. The van der Waals surface area contributed by atoms with Crippen molar-refractivity contribution in [2.45, 2.75) is 50.2 Å². The summed E-state index contributed by atoms with van der Waals surface area (Å²) in [4.78, 5) is 22.9. The Labute approximate surface area is 106 Å². The van der Waals surface area contributed by atoms with Crippen molar-refractivity contribution < 1.29 is 4.79 Å². The molecule has 94 valence electrons. The SMILES string of the molecule is O=C1NC2CCCCC2N2c3ncncc3CC12. The first kappa shape index (κ1) is 10.3. The van der Waals surface area contributed by atoms with Crippen LogP contribution in [0.1, 0.15) is 31.2 Å². The van der Waals surface area contributed by atoms with Gasteiger partial charge in [-0.1, -0.05) is 12.8 Å². The van der Waals surface area contributed by atoms with Gasteiger partial charge in [0, 0.05) is 24.2 Å². The number of nitrogens with one attached hydrogen (secondary N) is 1. The summed E-state index contributed by atoms with van der Waals surface area (Å²) in [5.41, 5.74) is 1.11. The lowest BCUT2D eigenvalue weighted by Crippen LogP contribution is -2.65. The van der Waals surface area contributed by atoms with Crippen LogP contribution >= 0.6 is 0 Å². The van der Waals surface area contributed by atoms with Gasteiger partial charge in [0.15, 0.2) is 0 Å². The summed E-state index contributed by atoms with van der Waals surface area (Å²) in [7, 11) is 0. The Bertz CT molecular complexity index is 504. The molecule has 5 nitrogen and oxygen atoms in total. The molecule has 0 spiro atoms. The highest BCUT2D eigenvalue weighted by Crippen LogP contribution is 2.38. The molecule has 3 heterocycles. The molecular weight excluding hydrogens is 228 g/mol. The van der Waals surface area contributed by atoms with Crippen molar-refractivity contribution in [2.24, 2.45) is 0 Å². The summed E-state index contributed by atoms with van der Waals surface area (Å²) in [5, 5.41) is 3.20. The van der Waals surface area contributed by atoms with E-state index in [-0.39, 0.29) is 11.9 Å². The van der Waals surface area contributed by atoms with Crippen LogP contribution in [0.15, 0.2) is 12.5 Å². The van der Waals surface area contributed by atoms with E-state index in [1.54, 1.807) is 6.33 Å². The van der Waals surface area contributed by atoms with Crippen LogP contribution in [-0.2, 0) is 11.2 Å². The first-order valence-electron chi connectivity index (χ1n) is 6.72. The molecule has 1 amide bonds. The van der Waals surface area contributed by atoms with Gasteiger partial charge in [-0.3, -0.25) is 4.79 Å². The highest BCUT2D eigenvalue weighted by Gasteiger charge is 2.47. The van der Waals surface area contributed by atoms with Gasteiger partial charge in [-0.2, -0.15) is 0 Å². The normalized spacial score (nSPS) is 33.4. The second-order valence-electron chi connectivity index (χ2n) is 5.47. The van der Waals surface area contributed by atoms with Crippen molar-refractivity contribution in [3.05, 3.63) is 18.1 Å². The average Bonchev–Trinajstić information content (AvgIpc) is 2.79. The Morgan fingerprint density at radius 1 is 1.33 bits per heavy atom. The van der Waals surface area contributed by atoms with Crippen LogP contribution in [-0.4, -0.2) is 34.0 Å². The monoisotopic (exact) mass is 244 g/mol. The summed E-state index contributed by atoms with van der Waals surface area (Å²) in [6.45, 7) is 0. The zero-order chi connectivity index (χ0) is 12.1. The first-order valence-corrected chi connectivity index (χ1v) is 6.72. The van der Waals surface area contributed by atoms with E-state index in [4.69, 9.17) is 0 Å². The quantitative estimate of drug-likeness (QED) is 0.728. The van der Waals surface area contributed by atoms with Gasteiger partial charge in [0.05, 0.1) is 6.04 Å². The third-order valence-corrected chi connectivity index (χ3v) is 4.47. The highest BCUT2D eigenvalue weighted by atomic mass is 16.2. The van der Waals surface area contributed by atoms with E-state index < -0.39 is 0 Å². The predicted molar refractivity (Wildman–Crippen MR) is 66.2 cm³/mol. The Morgan fingerprint density at radius 2 is 2.22 bits per heavy atom. The zero-order valence-corrected chi connectivity index (χ0v) is 10.2. The highest BCUT2D eigenvalue weighted by molar-refractivity contribution is 5.89. The Kier molecular flexibility index (Phi) is 2.10. The van der Waals surface area contributed by atoms with Crippen molar-refractivity contribution >= 4 is 11.7 Å². The maximum absolute atomic E-state index is 12.2. The van der Waals surface area contributed by atoms with Gasteiger partial charge in [-0.05, 0) is 12.8 Å². The number of anilines is 1. The summed E-state index contributed by atoms with van der Waals surface area (Å²) >= 11 is 0. The molecule has 3 atom stereocenters. The van der Waals surface area contributed by atoms with Crippen molar-refractivity contribution in [3.8, 4) is 0 Å². The molecule has 1 aromatic rings. The van der Waals surface area contributed by atoms with Crippen LogP contribution in [0.25, 0.3) is 0 Å². The number of fused-ring (bicyclic) bond motifs is 5. The molecule has 1 saturated carbocycles. The molecule has 1 aromatic heterocycles. The standard InChI is InChI=1S/C13H16N4O/c18-13-11-5-8-6-14-7-15-12(8)17(11)10-4-2-1-3-9(10)16-13/h6-7,9-11H,1-5H2,(H,16,18). The van der Waals surface area contributed by atoms with Gasteiger partial charge < -0.3 is 10.2 Å². The number of carbonyl (C=O) groups excluding carboxylic acids is 1. The number of piperazine rings is 1. The fraction of sp³-hybridized carbons (Fsp3) is 0.615. The molecule has 0 aromatic carbocycles. The topological polar surface area (TPSA) is 58.1 Å². The predicted octanol–water partition coefficient (Wildman–Crippen LogP) is 0.649. The summed E-state index contributed by atoms with van der Waals surface area (Å²) in [6.07, 6.45) is 8.92. The third-order valence-electron chi connectivity index (χ3n) is 4.47. The Hall–Kier alpha value is -1.65. The van der Waals surface area contributed by atoms with Crippen LogP contribution < -0.4 is 10.2 Å². The Balaban J connectivity index is 1.78. The molecule has 1 N–H and O–H groups in total. The van der Waals surface area contributed by atoms with Crippen LogP contribution in [0.4, 0.5) is 5.82 Å². The van der Waals surface area contributed by atoms with Crippen molar-refractivity contribution in [1.82, 2.24) is 15.3 Å². The second kappa shape index (κ2) is 3.67. The molecule has 0 bridgehead atoms. The van der Waals surface area contributed by atoms with Gasteiger partial charge in [0.1, 0.15) is 18.2 Å². The lowest BCUT2D eigenvalue weighted by atomic mass is 9.86. The smallest absolute Gasteiger partial charge is 0.243 e. The van der Waals surface area contributed by atoms with Crippen LogP contribution in [0.3, 0.4) is 0 Å². The first-order chi connectivity index (χ1) is 8.84. The van der Waals surface area contributed by atoms with E-state index in [2.05, 4.69) is 20.2 Å². The van der Waals surface area contributed by atoms with E-state index in [1.807, 2.05) is 6.20 Å². The molecule has 2 aliphatic heterocycles. The maximum atomic E-state index is 12.2. The zero-order valence-electron chi connectivity index (χ0n) is 10.2. The number of carbonyl (C=O) groups is 1. The number of nitrogens with zero attached hydrogens (tertiary/aromatic N) is 3. The number of rotatable bonds is 0. The molecule has 1 saturated heterocycles. The molecule has 2 fully saturated rings. The average molecular weight is 244 g/mol. The van der Waals surface area contributed by atoms with Gasteiger partial charge in [-0.25, -0.2) is 9.97 Å².